The van der Waals surface area contributed by atoms with Gasteiger partial charge in [0.1, 0.15) is 0 Å². The van der Waals surface area contributed by atoms with Gasteiger partial charge in [-0.3, -0.25) is 4.99 Å². The largest absolute Gasteiger partial charge is 0.378 e. The molecule has 1 aromatic rings. The van der Waals surface area contributed by atoms with E-state index >= 15 is 0 Å². The van der Waals surface area contributed by atoms with Gasteiger partial charge in [0.15, 0.2) is 5.17 Å². The zero-order chi connectivity index (χ0) is 13.1. The second kappa shape index (κ2) is 5.65. The maximum atomic E-state index is 4.67. The molecule has 0 bridgehead atoms. The first-order chi connectivity index (χ1) is 8.56. The summed E-state index contributed by atoms with van der Waals surface area (Å²) in [6.07, 6.45) is 0. The van der Waals surface area contributed by atoms with Gasteiger partial charge in [0.25, 0.3) is 0 Å². The molecule has 0 fully saturated rings. The van der Waals surface area contributed by atoms with Gasteiger partial charge >= 0.3 is 0 Å². The normalized spacial score (nSPS) is 23.4. The number of rotatable bonds is 2. The molecule has 0 spiro atoms. The predicted molar refractivity (Wildman–Crippen MR) is 82.9 cm³/mol. The van der Waals surface area contributed by atoms with E-state index in [0.29, 0.717) is 12.0 Å². The van der Waals surface area contributed by atoms with Crippen molar-refractivity contribution in [2.24, 2.45) is 10.9 Å². The van der Waals surface area contributed by atoms with E-state index in [0.717, 1.165) is 16.6 Å². The van der Waals surface area contributed by atoms with Crippen molar-refractivity contribution in [2.75, 3.05) is 30.1 Å². The van der Waals surface area contributed by atoms with E-state index in [-0.39, 0.29) is 0 Å². The first-order valence-electron chi connectivity index (χ1n) is 6.31. The molecule has 0 aromatic heterocycles. The summed E-state index contributed by atoms with van der Waals surface area (Å²) in [7, 11) is 4.10. The van der Waals surface area contributed by atoms with Crippen molar-refractivity contribution >= 4 is 28.3 Å². The molecule has 2 rings (SSSR count). The fraction of sp³-hybridized carbons (Fsp3) is 0.500. The number of amidine groups is 1. The van der Waals surface area contributed by atoms with Crippen LogP contribution in [0.2, 0.25) is 0 Å². The molecule has 98 valence electrons. The molecular formula is C14H21N3S. The summed E-state index contributed by atoms with van der Waals surface area (Å²) in [5.41, 5.74) is 2.31. The van der Waals surface area contributed by atoms with Gasteiger partial charge in [-0.15, -0.1) is 0 Å². The number of benzene rings is 1. The molecule has 4 heteroatoms. The maximum Gasteiger partial charge on any atom is 0.161 e. The van der Waals surface area contributed by atoms with E-state index in [2.05, 4.69) is 53.3 Å². The van der Waals surface area contributed by atoms with Gasteiger partial charge in [-0.2, -0.15) is 0 Å². The summed E-state index contributed by atoms with van der Waals surface area (Å²) in [5.74, 6) is 1.81. The minimum atomic E-state index is 0.412. The minimum absolute atomic E-state index is 0.412. The zero-order valence-electron chi connectivity index (χ0n) is 11.5. The molecule has 3 nitrogen and oxygen atoms in total. The first-order valence-corrected chi connectivity index (χ1v) is 7.30. The SMILES string of the molecule is CC1CSC(Nc2ccc(N(C)C)cc2)=NC1C. The van der Waals surface area contributed by atoms with Crippen LogP contribution in [-0.2, 0) is 0 Å². The molecule has 0 saturated carbocycles. The van der Waals surface area contributed by atoms with Crippen LogP contribution in [0.15, 0.2) is 29.3 Å². The van der Waals surface area contributed by atoms with Gasteiger partial charge in [-0.1, -0.05) is 18.7 Å². The minimum Gasteiger partial charge on any atom is -0.378 e. The Morgan fingerprint density at radius 1 is 1.22 bits per heavy atom. The fourth-order valence-corrected chi connectivity index (χ4v) is 2.86. The lowest BCUT2D eigenvalue weighted by Crippen LogP contribution is -2.25. The number of nitrogens with zero attached hydrogens (tertiary/aromatic N) is 2. The fourth-order valence-electron chi connectivity index (χ4n) is 1.73. The van der Waals surface area contributed by atoms with Crippen molar-refractivity contribution in [3.63, 3.8) is 0 Å². The van der Waals surface area contributed by atoms with Crippen LogP contribution in [0.4, 0.5) is 11.4 Å². The topological polar surface area (TPSA) is 27.6 Å². The molecule has 1 aliphatic rings. The van der Waals surface area contributed by atoms with Gasteiger partial charge in [-0.05, 0) is 37.1 Å². The summed E-state index contributed by atoms with van der Waals surface area (Å²) in [6, 6.07) is 8.84. The Hall–Kier alpha value is -1.16. The number of nitrogens with one attached hydrogen (secondary N) is 1. The van der Waals surface area contributed by atoms with Gasteiger partial charge < -0.3 is 10.2 Å². The average molecular weight is 263 g/mol. The Bertz CT molecular complexity index is 425. The molecular weight excluding hydrogens is 242 g/mol. The van der Waals surface area contributed by atoms with E-state index in [1.807, 2.05) is 25.9 Å². The van der Waals surface area contributed by atoms with Gasteiger partial charge in [-0.25, -0.2) is 0 Å². The molecule has 0 saturated heterocycles. The summed E-state index contributed by atoms with van der Waals surface area (Å²) in [5, 5.41) is 4.43. The van der Waals surface area contributed by atoms with Crippen LogP contribution in [0.25, 0.3) is 0 Å². The number of hydrogen-bond acceptors (Lipinski definition) is 4. The number of anilines is 2. The molecule has 0 radical (unpaired) electrons. The number of aliphatic imine (C=N–C) groups is 1. The Labute approximate surface area is 114 Å². The van der Waals surface area contributed by atoms with Crippen LogP contribution in [0, 0.1) is 5.92 Å². The molecule has 0 aliphatic carbocycles. The molecule has 1 aromatic carbocycles. The maximum absolute atomic E-state index is 4.67. The van der Waals surface area contributed by atoms with Crippen LogP contribution in [-0.4, -0.2) is 31.1 Å². The lowest BCUT2D eigenvalue weighted by atomic mass is 10.1. The highest BCUT2D eigenvalue weighted by Gasteiger charge is 2.19. The van der Waals surface area contributed by atoms with E-state index in [9.17, 15) is 0 Å². The van der Waals surface area contributed by atoms with E-state index < -0.39 is 0 Å². The van der Waals surface area contributed by atoms with Crippen molar-refractivity contribution in [1.29, 1.82) is 0 Å². The number of thioether (sulfide) groups is 1. The monoisotopic (exact) mass is 263 g/mol. The standard InChI is InChI=1S/C14H21N3S/c1-10-9-18-14(15-11(10)2)16-12-5-7-13(8-6-12)17(3)4/h5-8,10-11H,9H2,1-4H3,(H,15,16). The third-order valence-electron chi connectivity index (χ3n) is 3.26. The average Bonchev–Trinajstić information content (AvgIpc) is 2.34. The lowest BCUT2D eigenvalue weighted by Gasteiger charge is -2.23. The molecule has 2 atom stereocenters. The molecule has 2 unspecified atom stereocenters. The second-order valence-electron chi connectivity index (χ2n) is 5.03. The van der Waals surface area contributed by atoms with E-state index in [1.165, 1.54) is 5.69 Å². The summed E-state index contributed by atoms with van der Waals surface area (Å²) >= 11 is 1.81. The Morgan fingerprint density at radius 2 is 1.89 bits per heavy atom. The van der Waals surface area contributed by atoms with Crippen molar-refractivity contribution in [3.8, 4) is 0 Å². The molecule has 1 N–H and O–H groups in total. The first kappa shape index (κ1) is 13.3. The van der Waals surface area contributed by atoms with E-state index in [1.54, 1.807) is 0 Å². The van der Waals surface area contributed by atoms with E-state index in [4.69, 9.17) is 0 Å². The Balaban J connectivity index is 2.03. The molecule has 1 aliphatic heterocycles. The van der Waals surface area contributed by atoms with Crippen LogP contribution in [0.3, 0.4) is 0 Å². The highest BCUT2D eigenvalue weighted by molar-refractivity contribution is 8.14. The number of hydrogen-bond donors (Lipinski definition) is 1. The van der Waals surface area contributed by atoms with Crippen molar-refractivity contribution in [2.45, 2.75) is 19.9 Å². The highest BCUT2D eigenvalue weighted by atomic mass is 32.2. The Morgan fingerprint density at radius 3 is 2.44 bits per heavy atom. The zero-order valence-corrected chi connectivity index (χ0v) is 12.3. The third kappa shape index (κ3) is 3.19. The molecule has 18 heavy (non-hydrogen) atoms. The van der Waals surface area contributed by atoms with Crippen LogP contribution in [0.5, 0.6) is 0 Å². The Kier molecular flexibility index (Phi) is 4.17. The summed E-state index contributed by atoms with van der Waals surface area (Å²) < 4.78 is 0. The summed E-state index contributed by atoms with van der Waals surface area (Å²) in [6.45, 7) is 4.44. The predicted octanol–water partition coefficient (Wildman–Crippen LogP) is 3.29. The van der Waals surface area contributed by atoms with Gasteiger partial charge in [0, 0.05) is 31.2 Å². The van der Waals surface area contributed by atoms with Crippen molar-refractivity contribution < 1.29 is 0 Å². The summed E-state index contributed by atoms with van der Waals surface area (Å²) in [4.78, 5) is 6.77. The highest BCUT2D eigenvalue weighted by Crippen LogP contribution is 2.24. The van der Waals surface area contributed by atoms with Crippen molar-refractivity contribution in [1.82, 2.24) is 0 Å². The van der Waals surface area contributed by atoms with Crippen LogP contribution >= 0.6 is 11.8 Å². The smallest absolute Gasteiger partial charge is 0.161 e. The van der Waals surface area contributed by atoms with Crippen molar-refractivity contribution in [3.05, 3.63) is 24.3 Å². The van der Waals surface area contributed by atoms with Gasteiger partial charge in [0.2, 0.25) is 0 Å². The second-order valence-corrected chi connectivity index (χ2v) is 6.04. The molecule has 1 heterocycles. The third-order valence-corrected chi connectivity index (χ3v) is 4.44. The van der Waals surface area contributed by atoms with Gasteiger partial charge in [0.05, 0.1) is 6.04 Å². The molecule has 0 amide bonds. The quantitative estimate of drug-likeness (QED) is 0.887. The lowest BCUT2D eigenvalue weighted by molar-refractivity contribution is 0.537. The van der Waals surface area contributed by atoms with Crippen LogP contribution < -0.4 is 10.2 Å². The van der Waals surface area contributed by atoms with Crippen LogP contribution in [0.1, 0.15) is 13.8 Å².